The molecule has 0 fully saturated rings. The van der Waals surface area contributed by atoms with E-state index in [1.807, 2.05) is 18.2 Å². The average molecular weight is 273 g/mol. The lowest BCUT2D eigenvalue weighted by atomic mass is 10.1. The topological polar surface area (TPSA) is 67.2 Å². The number of nitrogens with one attached hydrogen (secondary N) is 2. The SMILES string of the molecule is Cc1cc(CNc2ccc(NC(N)=O)cc2)ccc1F. The molecular formula is C15H16FN3O. The first-order valence-electron chi connectivity index (χ1n) is 6.20. The van der Waals surface area contributed by atoms with E-state index >= 15 is 0 Å². The molecule has 2 amide bonds. The maximum atomic E-state index is 13.1. The highest BCUT2D eigenvalue weighted by molar-refractivity contribution is 5.87. The van der Waals surface area contributed by atoms with Crippen LogP contribution in [0.2, 0.25) is 0 Å². The second-order valence-corrected chi connectivity index (χ2v) is 4.50. The van der Waals surface area contributed by atoms with Gasteiger partial charge in [-0.15, -0.1) is 0 Å². The molecule has 2 aromatic carbocycles. The second kappa shape index (κ2) is 6.06. The number of halogens is 1. The Hall–Kier alpha value is -2.56. The zero-order valence-electron chi connectivity index (χ0n) is 11.1. The number of carbonyl (C=O) groups excluding carboxylic acids is 1. The first kappa shape index (κ1) is 13.9. The van der Waals surface area contributed by atoms with E-state index in [1.165, 1.54) is 6.07 Å². The van der Waals surface area contributed by atoms with Gasteiger partial charge in [-0.05, 0) is 48.4 Å². The molecule has 0 unspecified atom stereocenters. The van der Waals surface area contributed by atoms with E-state index in [-0.39, 0.29) is 5.82 Å². The number of hydrogen-bond acceptors (Lipinski definition) is 2. The van der Waals surface area contributed by atoms with Crippen LogP contribution in [0.3, 0.4) is 0 Å². The quantitative estimate of drug-likeness (QED) is 0.800. The first-order valence-corrected chi connectivity index (χ1v) is 6.20. The highest BCUT2D eigenvalue weighted by Gasteiger charge is 2.00. The zero-order valence-corrected chi connectivity index (χ0v) is 11.1. The van der Waals surface area contributed by atoms with Crippen molar-refractivity contribution in [2.75, 3.05) is 10.6 Å². The summed E-state index contributed by atoms with van der Waals surface area (Å²) in [6.45, 7) is 2.34. The number of anilines is 2. The Balaban J connectivity index is 1.96. The van der Waals surface area contributed by atoms with Gasteiger partial charge in [0.1, 0.15) is 5.82 Å². The summed E-state index contributed by atoms with van der Waals surface area (Å²) < 4.78 is 13.1. The number of carbonyl (C=O) groups is 1. The van der Waals surface area contributed by atoms with Crippen LogP contribution >= 0.6 is 0 Å². The summed E-state index contributed by atoms with van der Waals surface area (Å²) in [6, 6.07) is 11.6. The van der Waals surface area contributed by atoms with Gasteiger partial charge in [0.2, 0.25) is 0 Å². The summed E-state index contributed by atoms with van der Waals surface area (Å²) in [4.78, 5) is 10.7. The average Bonchev–Trinajstić information content (AvgIpc) is 2.41. The number of hydrogen-bond donors (Lipinski definition) is 3. The Labute approximate surface area is 116 Å². The lowest BCUT2D eigenvalue weighted by Gasteiger charge is -2.09. The third kappa shape index (κ3) is 3.71. The van der Waals surface area contributed by atoms with Crippen LogP contribution < -0.4 is 16.4 Å². The molecule has 0 spiro atoms. The molecule has 0 aromatic heterocycles. The van der Waals surface area contributed by atoms with Crippen LogP contribution in [0, 0.1) is 12.7 Å². The van der Waals surface area contributed by atoms with Crippen LogP contribution in [0.15, 0.2) is 42.5 Å². The van der Waals surface area contributed by atoms with E-state index in [1.54, 1.807) is 25.1 Å². The molecule has 0 aliphatic carbocycles. The monoisotopic (exact) mass is 273 g/mol. The molecule has 4 nitrogen and oxygen atoms in total. The maximum Gasteiger partial charge on any atom is 0.316 e. The van der Waals surface area contributed by atoms with Crippen LogP contribution in [-0.2, 0) is 6.54 Å². The number of urea groups is 1. The number of benzene rings is 2. The molecule has 0 bridgehead atoms. The lowest BCUT2D eigenvalue weighted by molar-refractivity contribution is 0.259. The van der Waals surface area contributed by atoms with Gasteiger partial charge < -0.3 is 16.4 Å². The van der Waals surface area contributed by atoms with Gasteiger partial charge in [0, 0.05) is 17.9 Å². The largest absolute Gasteiger partial charge is 0.381 e. The van der Waals surface area contributed by atoms with E-state index < -0.39 is 6.03 Å². The van der Waals surface area contributed by atoms with E-state index in [0.29, 0.717) is 17.8 Å². The molecule has 0 aliphatic rings. The molecule has 0 radical (unpaired) electrons. The standard InChI is InChI=1S/C15H16FN3O/c1-10-8-11(2-7-14(10)16)9-18-12-3-5-13(6-4-12)19-15(17)20/h2-8,18H,9H2,1H3,(H3,17,19,20). The molecule has 4 N–H and O–H groups in total. The van der Waals surface area contributed by atoms with Crippen molar-refractivity contribution in [2.24, 2.45) is 5.73 Å². The summed E-state index contributed by atoms with van der Waals surface area (Å²) in [5.41, 5.74) is 8.20. The molecule has 0 atom stereocenters. The molecule has 0 saturated carbocycles. The van der Waals surface area contributed by atoms with Crippen molar-refractivity contribution < 1.29 is 9.18 Å². The summed E-state index contributed by atoms with van der Waals surface area (Å²) >= 11 is 0. The molecule has 104 valence electrons. The molecule has 2 aromatic rings. The van der Waals surface area contributed by atoms with Gasteiger partial charge in [0.05, 0.1) is 0 Å². The van der Waals surface area contributed by atoms with Crippen LogP contribution in [0.25, 0.3) is 0 Å². The van der Waals surface area contributed by atoms with Crippen LogP contribution in [0.5, 0.6) is 0 Å². The summed E-state index contributed by atoms with van der Waals surface area (Å²) in [5.74, 6) is -0.198. The van der Waals surface area contributed by atoms with E-state index in [9.17, 15) is 9.18 Å². The van der Waals surface area contributed by atoms with Gasteiger partial charge in [-0.2, -0.15) is 0 Å². The minimum absolute atomic E-state index is 0.198. The fourth-order valence-corrected chi connectivity index (χ4v) is 1.83. The van der Waals surface area contributed by atoms with Gasteiger partial charge in [0.25, 0.3) is 0 Å². The fourth-order valence-electron chi connectivity index (χ4n) is 1.83. The van der Waals surface area contributed by atoms with Gasteiger partial charge in [0.15, 0.2) is 0 Å². The van der Waals surface area contributed by atoms with Gasteiger partial charge in [-0.1, -0.05) is 12.1 Å². The minimum atomic E-state index is -0.590. The van der Waals surface area contributed by atoms with Gasteiger partial charge in [-0.25, -0.2) is 9.18 Å². The molecule has 20 heavy (non-hydrogen) atoms. The van der Waals surface area contributed by atoms with Gasteiger partial charge >= 0.3 is 6.03 Å². The van der Waals surface area contributed by atoms with Crippen molar-refractivity contribution >= 4 is 17.4 Å². The van der Waals surface area contributed by atoms with E-state index in [0.717, 1.165) is 11.3 Å². The van der Waals surface area contributed by atoms with Crippen molar-refractivity contribution in [3.8, 4) is 0 Å². The highest BCUT2D eigenvalue weighted by atomic mass is 19.1. The molecule has 2 rings (SSSR count). The Bertz CT molecular complexity index is 611. The Kier molecular flexibility index (Phi) is 4.20. The number of rotatable bonds is 4. The summed E-state index contributed by atoms with van der Waals surface area (Å²) in [5, 5.41) is 5.71. The maximum absolute atomic E-state index is 13.1. The predicted octanol–water partition coefficient (Wildman–Crippen LogP) is 3.24. The van der Waals surface area contributed by atoms with Crippen molar-refractivity contribution in [2.45, 2.75) is 13.5 Å². The highest BCUT2D eigenvalue weighted by Crippen LogP contribution is 2.15. The zero-order chi connectivity index (χ0) is 14.5. The lowest BCUT2D eigenvalue weighted by Crippen LogP contribution is -2.19. The Morgan fingerprint density at radius 1 is 1.15 bits per heavy atom. The second-order valence-electron chi connectivity index (χ2n) is 4.50. The van der Waals surface area contributed by atoms with Crippen molar-refractivity contribution in [1.82, 2.24) is 0 Å². The van der Waals surface area contributed by atoms with Crippen LogP contribution in [0.4, 0.5) is 20.6 Å². The van der Waals surface area contributed by atoms with E-state index in [4.69, 9.17) is 5.73 Å². The normalized spacial score (nSPS) is 10.1. The minimum Gasteiger partial charge on any atom is -0.381 e. The third-order valence-corrected chi connectivity index (χ3v) is 2.87. The number of nitrogens with two attached hydrogens (primary N) is 1. The van der Waals surface area contributed by atoms with Crippen LogP contribution in [-0.4, -0.2) is 6.03 Å². The predicted molar refractivity (Wildman–Crippen MR) is 78.1 cm³/mol. The molecule has 5 heteroatoms. The number of amides is 2. The van der Waals surface area contributed by atoms with Crippen LogP contribution in [0.1, 0.15) is 11.1 Å². The Morgan fingerprint density at radius 3 is 2.40 bits per heavy atom. The number of primary amides is 1. The molecule has 0 heterocycles. The fraction of sp³-hybridized carbons (Fsp3) is 0.133. The molecule has 0 saturated heterocycles. The van der Waals surface area contributed by atoms with E-state index in [2.05, 4.69) is 10.6 Å². The van der Waals surface area contributed by atoms with Crippen molar-refractivity contribution in [3.05, 3.63) is 59.4 Å². The molecule has 0 aliphatic heterocycles. The smallest absolute Gasteiger partial charge is 0.316 e. The summed E-state index contributed by atoms with van der Waals surface area (Å²) in [7, 11) is 0. The third-order valence-electron chi connectivity index (χ3n) is 2.87. The summed E-state index contributed by atoms with van der Waals surface area (Å²) in [6.07, 6.45) is 0. The van der Waals surface area contributed by atoms with Crippen molar-refractivity contribution in [1.29, 1.82) is 0 Å². The number of aryl methyl sites for hydroxylation is 1. The first-order chi connectivity index (χ1) is 9.54. The van der Waals surface area contributed by atoms with Crippen molar-refractivity contribution in [3.63, 3.8) is 0 Å². The molecular weight excluding hydrogens is 257 g/mol. The van der Waals surface area contributed by atoms with Gasteiger partial charge in [-0.3, -0.25) is 0 Å². The Morgan fingerprint density at radius 2 is 1.80 bits per heavy atom.